The first-order chi connectivity index (χ1) is 29.9. The number of carbonyl (C=O) groups excluding carboxylic acids is 4. The smallest absolute Gasteiger partial charge is 0.329 e. The van der Waals surface area contributed by atoms with Crippen LogP contribution in [0.25, 0.3) is 0 Å². The number of esters is 1. The molecule has 13 heteroatoms. The molecule has 0 aromatic heterocycles. The number of benzene rings is 1. The summed E-state index contributed by atoms with van der Waals surface area (Å²) in [6.45, 7) is 11.8. The Morgan fingerprint density at radius 3 is 2.27 bits per heavy atom. The molecule has 0 spiro atoms. The minimum Gasteiger partial charge on any atom is -0.488 e. The van der Waals surface area contributed by atoms with E-state index in [4.69, 9.17) is 23.7 Å². The minimum atomic E-state index is -2.48. The van der Waals surface area contributed by atoms with Crippen molar-refractivity contribution in [1.82, 2.24) is 4.90 Å². The zero-order valence-corrected chi connectivity index (χ0v) is 39.5. The van der Waals surface area contributed by atoms with E-state index in [2.05, 4.69) is 19.1 Å². The highest BCUT2D eigenvalue weighted by Gasteiger charge is 2.56. The van der Waals surface area contributed by atoms with Gasteiger partial charge < -0.3 is 43.7 Å². The summed E-state index contributed by atoms with van der Waals surface area (Å²) in [5.74, 6) is -5.70. The number of anilines is 1. The van der Waals surface area contributed by atoms with Gasteiger partial charge >= 0.3 is 5.97 Å². The lowest BCUT2D eigenvalue weighted by Gasteiger charge is -2.47. The van der Waals surface area contributed by atoms with Crippen molar-refractivity contribution in [3.05, 3.63) is 47.6 Å². The first-order valence-corrected chi connectivity index (χ1v) is 23.4. The van der Waals surface area contributed by atoms with Crippen LogP contribution in [0.3, 0.4) is 0 Å². The highest BCUT2D eigenvalue weighted by atomic mass is 16.7. The average molecular weight is 881 g/mol. The van der Waals surface area contributed by atoms with Crippen LogP contribution in [0.5, 0.6) is 5.75 Å². The fourth-order valence-electron chi connectivity index (χ4n) is 10.3. The van der Waals surface area contributed by atoms with Crippen LogP contribution in [-0.2, 0) is 38.1 Å². The zero-order valence-electron chi connectivity index (χ0n) is 39.5. The number of ether oxygens (including phenoxy) is 5. The monoisotopic (exact) mass is 881 g/mol. The van der Waals surface area contributed by atoms with Crippen LogP contribution in [-0.4, -0.2) is 122 Å². The number of piperidine rings is 1. The molecule has 3 heterocycles. The van der Waals surface area contributed by atoms with E-state index in [-0.39, 0.29) is 48.8 Å². The lowest BCUT2D eigenvalue weighted by Crippen LogP contribution is -2.64. The molecular formula is C50H76N2O11. The van der Waals surface area contributed by atoms with Crippen LogP contribution in [0.1, 0.15) is 119 Å². The van der Waals surface area contributed by atoms with E-state index >= 15 is 0 Å². The summed E-state index contributed by atoms with van der Waals surface area (Å²) in [6.07, 6.45) is 6.52. The van der Waals surface area contributed by atoms with E-state index in [1.165, 1.54) is 4.90 Å². The summed E-state index contributed by atoms with van der Waals surface area (Å²) in [6, 6.07) is 6.70. The fraction of sp³-hybridized carbons (Fsp3) is 0.720. The molecule has 352 valence electrons. The second-order valence-corrected chi connectivity index (χ2v) is 19.3. The Kier molecular flexibility index (Phi) is 18.0. The number of Topliss-reactive ketones (excluding diaryl/α,β-unsaturated/α-hetero) is 2. The SMILES string of the molecule is CCC1C=C(C)CC(C)CC(OC)C2OC(O)(C(=O)C(=O)N3CCCCC3C(=O)OC(C(C)=CC3CCC(O)C(Oc4ccc(N(C)C)cc4)C3)C(C)CCC1=O)C(C)CC2OC. The largest absolute Gasteiger partial charge is 0.488 e. The average Bonchev–Trinajstić information content (AvgIpc) is 3.26. The molecule has 0 radical (unpaired) electrons. The highest BCUT2D eigenvalue weighted by Crippen LogP contribution is 2.39. The molecule has 3 fully saturated rings. The van der Waals surface area contributed by atoms with Crippen molar-refractivity contribution in [2.24, 2.45) is 29.6 Å². The number of fused-ring (bicyclic) bond motifs is 3. The molecule has 63 heavy (non-hydrogen) atoms. The van der Waals surface area contributed by atoms with E-state index in [0.29, 0.717) is 70.0 Å². The molecule has 13 atom stereocenters. The van der Waals surface area contributed by atoms with Crippen molar-refractivity contribution >= 4 is 29.1 Å². The predicted octanol–water partition coefficient (Wildman–Crippen LogP) is 7.00. The minimum absolute atomic E-state index is 0.0138. The topological polar surface area (TPSA) is 161 Å². The first kappa shape index (κ1) is 50.4. The Balaban J connectivity index is 1.47. The summed E-state index contributed by atoms with van der Waals surface area (Å²) >= 11 is 0. The number of amides is 1. The number of aliphatic hydroxyl groups is 2. The number of nitrogens with zero attached hydrogens (tertiary/aromatic N) is 2. The maximum absolute atomic E-state index is 14.5. The predicted molar refractivity (Wildman–Crippen MR) is 241 cm³/mol. The Labute approximate surface area is 375 Å². The quantitative estimate of drug-likeness (QED) is 0.157. The van der Waals surface area contributed by atoms with Gasteiger partial charge in [-0.3, -0.25) is 14.4 Å². The Hall–Kier alpha value is -3.62. The lowest BCUT2D eigenvalue weighted by atomic mass is 9.82. The lowest BCUT2D eigenvalue weighted by molar-refractivity contribution is -0.302. The van der Waals surface area contributed by atoms with Gasteiger partial charge in [0, 0.05) is 58.8 Å². The molecule has 1 aromatic carbocycles. The number of carbonyl (C=O) groups is 4. The maximum Gasteiger partial charge on any atom is 0.329 e. The summed E-state index contributed by atoms with van der Waals surface area (Å²) < 4.78 is 30.9. The van der Waals surface area contributed by atoms with Crippen molar-refractivity contribution < 1.29 is 53.1 Å². The van der Waals surface area contributed by atoms with Crippen LogP contribution in [0, 0.1) is 29.6 Å². The van der Waals surface area contributed by atoms with Gasteiger partial charge in [0.2, 0.25) is 5.79 Å². The molecule has 5 rings (SSSR count). The van der Waals surface area contributed by atoms with Gasteiger partial charge in [0.15, 0.2) is 0 Å². The van der Waals surface area contributed by atoms with Crippen LogP contribution in [0.15, 0.2) is 47.6 Å². The van der Waals surface area contributed by atoms with Crippen molar-refractivity contribution in [1.29, 1.82) is 0 Å². The number of rotatable bonds is 8. The third-order valence-corrected chi connectivity index (χ3v) is 14.1. The molecule has 1 aliphatic carbocycles. The van der Waals surface area contributed by atoms with Crippen molar-refractivity contribution in [2.45, 2.75) is 167 Å². The summed E-state index contributed by atoms with van der Waals surface area (Å²) in [5, 5.41) is 23.1. The van der Waals surface area contributed by atoms with Crippen molar-refractivity contribution in [3.63, 3.8) is 0 Å². The van der Waals surface area contributed by atoms with E-state index < -0.39 is 72.0 Å². The normalized spacial score (nSPS) is 36.1. The molecule has 2 N–H and O–H groups in total. The van der Waals surface area contributed by atoms with Crippen molar-refractivity contribution in [2.75, 3.05) is 39.8 Å². The number of hydrogen-bond acceptors (Lipinski definition) is 12. The summed E-state index contributed by atoms with van der Waals surface area (Å²) in [5.41, 5.74) is 2.92. The molecule has 3 aliphatic heterocycles. The van der Waals surface area contributed by atoms with E-state index in [1.54, 1.807) is 21.1 Å². The van der Waals surface area contributed by atoms with Gasteiger partial charge in [-0.05, 0) is 132 Å². The summed E-state index contributed by atoms with van der Waals surface area (Å²) in [7, 11) is 7.05. The standard InChI is InChI=1S/C50H76N2O11/c1-11-36-25-30(2)24-31(3)26-43(59-9)46-44(60-10)28-34(6)50(58,63-46)47(55)48(56)52-23-13-12-14-39(52)49(57)62-45(32(4)15-21-40(36)53)33(5)27-35-16-22-41(54)42(29-35)61-38-19-17-37(18-20-38)51(7)8/h17-20,25,27,31-32,34-36,39,41-46,54,58H,11-16,21-24,26,28-29H2,1-10H3. The number of cyclic esters (lactones) is 1. The van der Waals surface area contributed by atoms with Crippen LogP contribution in [0.4, 0.5) is 5.69 Å². The highest BCUT2D eigenvalue weighted by molar-refractivity contribution is 6.39. The van der Waals surface area contributed by atoms with Crippen LogP contribution in [0.2, 0.25) is 0 Å². The fourth-order valence-corrected chi connectivity index (χ4v) is 10.3. The molecule has 1 amide bonds. The zero-order chi connectivity index (χ0) is 46.2. The van der Waals surface area contributed by atoms with Crippen LogP contribution < -0.4 is 9.64 Å². The summed E-state index contributed by atoms with van der Waals surface area (Å²) in [4.78, 5) is 60.3. The van der Waals surface area contributed by atoms with E-state index in [9.17, 15) is 29.4 Å². The van der Waals surface area contributed by atoms with Gasteiger partial charge in [-0.2, -0.15) is 0 Å². The maximum atomic E-state index is 14.5. The first-order valence-electron chi connectivity index (χ1n) is 23.4. The molecule has 1 saturated carbocycles. The molecule has 13 unspecified atom stereocenters. The van der Waals surface area contributed by atoms with Gasteiger partial charge in [0.1, 0.15) is 35.9 Å². The van der Waals surface area contributed by atoms with Gasteiger partial charge in [-0.15, -0.1) is 0 Å². The third-order valence-electron chi connectivity index (χ3n) is 14.1. The van der Waals surface area contributed by atoms with E-state index in [1.807, 2.05) is 71.0 Å². The number of methoxy groups -OCH3 is 2. The van der Waals surface area contributed by atoms with E-state index in [0.717, 1.165) is 16.8 Å². The molecule has 1 aromatic rings. The molecule has 13 nitrogen and oxygen atoms in total. The second-order valence-electron chi connectivity index (χ2n) is 19.3. The number of hydrogen-bond donors (Lipinski definition) is 2. The number of aliphatic hydroxyl groups excluding tert-OH is 1. The number of allylic oxidation sites excluding steroid dienone is 3. The van der Waals surface area contributed by atoms with Gasteiger partial charge in [-0.25, -0.2) is 4.79 Å². The Morgan fingerprint density at radius 2 is 1.62 bits per heavy atom. The molecule has 4 aliphatic rings. The molecule has 2 bridgehead atoms. The molecular weight excluding hydrogens is 805 g/mol. The van der Waals surface area contributed by atoms with Gasteiger partial charge in [0.05, 0.1) is 18.3 Å². The number of ketones is 2. The van der Waals surface area contributed by atoms with Gasteiger partial charge in [-0.1, -0.05) is 45.4 Å². The van der Waals surface area contributed by atoms with Gasteiger partial charge in [0.25, 0.3) is 11.7 Å². The van der Waals surface area contributed by atoms with Crippen molar-refractivity contribution in [3.8, 4) is 5.75 Å². The third kappa shape index (κ3) is 12.4. The Bertz CT molecular complexity index is 1780. The Morgan fingerprint density at radius 1 is 0.937 bits per heavy atom. The molecule has 2 saturated heterocycles. The second kappa shape index (κ2) is 22.5. The van der Waals surface area contributed by atoms with Crippen LogP contribution >= 0.6 is 0 Å².